The fraction of sp³-hybridized carbons (Fsp3) is 0.524. The van der Waals surface area contributed by atoms with Crippen LogP contribution < -0.4 is 5.32 Å². The summed E-state index contributed by atoms with van der Waals surface area (Å²) >= 11 is 0. The molecule has 1 saturated heterocycles. The van der Waals surface area contributed by atoms with E-state index in [9.17, 15) is 19.2 Å². The molecule has 1 heterocycles. The topological polar surface area (TPSA) is 92.8 Å². The summed E-state index contributed by atoms with van der Waals surface area (Å²) in [6.45, 7) is 6.63. The number of carbonyl (C=O) groups excluding carboxylic acids is 4. The predicted octanol–water partition coefficient (Wildman–Crippen LogP) is 2.92. The first kappa shape index (κ1) is 21.6. The number of imide groups is 1. The van der Waals surface area contributed by atoms with Crippen molar-refractivity contribution in [1.82, 2.24) is 10.2 Å². The molecule has 0 radical (unpaired) electrons. The van der Waals surface area contributed by atoms with E-state index in [1.54, 1.807) is 6.07 Å². The van der Waals surface area contributed by atoms with Crippen molar-refractivity contribution in [2.24, 2.45) is 0 Å². The molecule has 1 fully saturated rings. The number of ketones is 1. The smallest absolute Gasteiger partial charge is 0.326 e. The molecule has 7 heteroatoms. The standard InChI is InChI=1S/C21H28N2O5/c1-5-9-21(10-6-2)19(26)23(20(27)22-21)12-18(25)28-13-17(24)16-11-14(3)7-8-15(16)4/h7-8,11H,5-6,9-10,12-13H2,1-4H3,(H,22,27). The monoisotopic (exact) mass is 388 g/mol. The first-order valence-corrected chi connectivity index (χ1v) is 9.64. The van der Waals surface area contributed by atoms with Crippen LogP contribution in [-0.4, -0.2) is 47.3 Å². The third-order valence-electron chi connectivity index (χ3n) is 4.94. The van der Waals surface area contributed by atoms with Crippen LogP contribution in [0.3, 0.4) is 0 Å². The average molecular weight is 388 g/mol. The summed E-state index contributed by atoms with van der Waals surface area (Å²) in [5.74, 6) is -1.51. The van der Waals surface area contributed by atoms with Gasteiger partial charge in [0.1, 0.15) is 12.1 Å². The highest BCUT2D eigenvalue weighted by molar-refractivity contribution is 6.08. The zero-order valence-electron chi connectivity index (χ0n) is 17.0. The number of ether oxygens (including phenoxy) is 1. The molecule has 3 amide bonds. The van der Waals surface area contributed by atoms with E-state index >= 15 is 0 Å². The van der Waals surface area contributed by atoms with Gasteiger partial charge in [-0.25, -0.2) is 4.79 Å². The second-order valence-corrected chi connectivity index (χ2v) is 7.31. The summed E-state index contributed by atoms with van der Waals surface area (Å²) in [5.41, 5.74) is 1.27. The van der Waals surface area contributed by atoms with E-state index in [4.69, 9.17) is 4.74 Å². The van der Waals surface area contributed by atoms with Crippen molar-refractivity contribution in [1.29, 1.82) is 0 Å². The Kier molecular flexibility index (Phi) is 6.94. The molecule has 0 unspecified atom stereocenters. The molecule has 1 aliphatic rings. The summed E-state index contributed by atoms with van der Waals surface area (Å²) in [5, 5.41) is 2.74. The van der Waals surface area contributed by atoms with E-state index in [1.807, 2.05) is 39.8 Å². The van der Waals surface area contributed by atoms with Crippen molar-refractivity contribution < 1.29 is 23.9 Å². The molecule has 1 N–H and O–H groups in total. The Morgan fingerprint density at radius 3 is 2.36 bits per heavy atom. The van der Waals surface area contributed by atoms with E-state index in [2.05, 4.69) is 5.32 Å². The molecule has 0 saturated carbocycles. The van der Waals surface area contributed by atoms with Gasteiger partial charge in [-0.2, -0.15) is 0 Å². The Hall–Kier alpha value is -2.70. The van der Waals surface area contributed by atoms with E-state index in [1.165, 1.54) is 0 Å². The van der Waals surface area contributed by atoms with Crippen LogP contribution in [-0.2, 0) is 14.3 Å². The van der Waals surface area contributed by atoms with Gasteiger partial charge in [0.2, 0.25) is 5.78 Å². The zero-order valence-corrected chi connectivity index (χ0v) is 17.0. The van der Waals surface area contributed by atoms with Crippen LogP contribution in [0.25, 0.3) is 0 Å². The van der Waals surface area contributed by atoms with Crippen LogP contribution in [0.1, 0.15) is 61.0 Å². The second kappa shape index (κ2) is 8.99. The van der Waals surface area contributed by atoms with Gasteiger partial charge < -0.3 is 10.1 Å². The molecule has 1 aromatic rings. The molecule has 0 spiro atoms. The molecule has 0 atom stereocenters. The van der Waals surface area contributed by atoms with E-state index < -0.39 is 36.6 Å². The van der Waals surface area contributed by atoms with E-state index in [0.29, 0.717) is 18.4 Å². The molecule has 152 valence electrons. The van der Waals surface area contributed by atoms with Gasteiger partial charge in [0.05, 0.1) is 0 Å². The molecule has 7 nitrogen and oxygen atoms in total. The van der Waals surface area contributed by atoms with E-state index in [-0.39, 0.29) is 5.78 Å². The largest absolute Gasteiger partial charge is 0.456 e. The fourth-order valence-electron chi connectivity index (χ4n) is 3.57. The molecule has 1 aromatic carbocycles. The number of hydrogen-bond donors (Lipinski definition) is 1. The van der Waals surface area contributed by atoms with Gasteiger partial charge >= 0.3 is 12.0 Å². The first-order chi connectivity index (χ1) is 13.2. The van der Waals surface area contributed by atoms with Gasteiger partial charge in [0.15, 0.2) is 6.61 Å². The quantitative estimate of drug-likeness (QED) is 0.399. The number of rotatable bonds is 9. The van der Waals surface area contributed by atoms with Crippen molar-refractivity contribution in [3.8, 4) is 0 Å². The highest BCUT2D eigenvalue weighted by atomic mass is 16.5. The molecule has 0 aromatic heterocycles. The molecule has 2 rings (SSSR count). The normalized spacial score (nSPS) is 15.5. The van der Waals surface area contributed by atoms with Crippen LogP contribution >= 0.6 is 0 Å². The average Bonchev–Trinajstić information content (AvgIpc) is 2.86. The number of carbonyl (C=O) groups is 4. The Balaban J connectivity index is 1.99. The number of amides is 3. The van der Waals surface area contributed by atoms with Crippen LogP contribution in [0.15, 0.2) is 18.2 Å². The zero-order chi connectivity index (χ0) is 20.9. The Bertz CT molecular complexity index is 781. The van der Waals surface area contributed by atoms with Crippen molar-refractivity contribution in [2.45, 2.75) is 58.9 Å². The lowest BCUT2D eigenvalue weighted by molar-refractivity contribution is -0.147. The highest BCUT2D eigenvalue weighted by Gasteiger charge is 2.50. The van der Waals surface area contributed by atoms with Crippen LogP contribution in [0.4, 0.5) is 4.79 Å². The number of Topliss-reactive ketones (excluding diaryl/α,β-unsaturated/α-hetero) is 1. The Morgan fingerprint density at radius 2 is 1.75 bits per heavy atom. The number of nitrogens with one attached hydrogen (secondary N) is 1. The maximum atomic E-state index is 12.8. The van der Waals surface area contributed by atoms with Crippen LogP contribution in [0.5, 0.6) is 0 Å². The third kappa shape index (κ3) is 4.58. The SMILES string of the molecule is CCCC1(CCC)NC(=O)N(CC(=O)OCC(=O)c2cc(C)ccc2C)C1=O. The summed E-state index contributed by atoms with van der Waals surface area (Å²) in [4.78, 5) is 50.4. The molecule has 0 aliphatic carbocycles. The van der Waals surface area contributed by atoms with Crippen molar-refractivity contribution >= 4 is 23.7 Å². The van der Waals surface area contributed by atoms with E-state index in [0.717, 1.165) is 28.9 Å². The van der Waals surface area contributed by atoms with Crippen molar-refractivity contribution in [3.05, 3.63) is 34.9 Å². The predicted molar refractivity (Wildman–Crippen MR) is 104 cm³/mol. The van der Waals surface area contributed by atoms with Crippen molar-refractivity contribution in [2.75, 3.05) is 13.2 Å². The first-order valence-electron chi connectivity index (χ1n) is 9.64. The number of urea groups is 1. The van der Waals surface area contributed by atoms with Gasteiger partial charge in [-0.15, -0.1) is 0 Å². The Morgan fingerprint density at radius 1 is 1.11 bits per heavy atom. The lowest BCUT2D eigenvalue weighted by Gasteiger charge is -2.25. The minimum Gasteiger partial charge on any atom is -0.456 e. The van der Waals surface area contributed by atoms with Crippen molar-refractivity contribution in [3.63, 3.8) is 0 Å². The number of nitrogens with zero attached hydrogens (tertiary/aromatic N) is 1. The minimum atomic E-state index is -0.949. The van der Waals surface area contributed by atoms with Crippen LogP contribution in [0.2, 0.25) is 0 Å². The van der Waals surface area contributed by atoms with Gasteiger partial charge in [0, 0.05) is 5.56 Å². The number of benzene rings is 1. The number of aryl methyl sites for hydroxylation is 2. The van der Waals surface area contributed by atoms with Gasteiger partial charge in [-0.1, -0.05) is 44.4 Å². The summed E-state index contributed by atoms with van der Waals surface area (Å²) in [7, 11) is 0. The van der Waals surface area contributed by atoms with Gasteiger partial charge in [0.25, 0.3) is 5.91 Å². The summed E-state index contributed by atoms with van der Waals surface area (Å²) in [6, 6.07) is 4.88. The number of esters is 1. The summed E-state index contributed by atoms with van der Waals surface area (Å²) < 4.78 is 5.04. The minimum absolute atomic E-state index is 0.321. The maximum absolute atomic E-state index is 12.8. The lowest BCUT2D eigenvalue weighted by atomic mass is 9.88. The second-order valence-electron chi connectivity index (χ2n) is 7.31. The third-order valence-corrected chi connectivity index (χ3v) is 4.94. The molecule has 1 aliphatic heterocycles. The maximum Gasteiger partial charge on any atom is 0.326 e. The Labute approximate surface area is 165 Å². The lowest BCUT2D eigenvalue weighted by Crippen LogP contribution is -2.47. The molecule has 28 heavy (non-hydrogen) atoms. The number of hydrogen-bond acceptors (Lipinski definition) is 5. The molecule has 0 bridgehead atoms. The van der Waals surface area contributed by atoms with Crippen LogP contribution in [0, 0.1) is 13.8 Å². The molecular formula is C21H28N2O5. The molecular weight excluding hydrogens is 360 g/mol. The summed E-state index contributed by atoms with van der Waals surface area (Å²) in [6.07, 6.45) is 2.49. The highest BCUT2D eigenvalue weighted by Crippen LogP contribution is 2.28. The van der Waals surface area contributed by atoms with Gasteiger partial charge in [-0.3, -0.25) is 19.3 Å². The fourth-order valence-corrected chi connectivity index (χ4v) is 3.57. The van der Waals surface area contributed by atoms with Gasteiger partial charge in [-0.05, 0) is 38.3 Å².